The van der Waals surface area contributed by atoms with E-state index in [1.165, 1.54) is 0 Å². The summed E-state index contributed by atoms with van der Waals surface area (Å²) < 4.78 is 15.4. The lowest BCUT2D eigenvalue weighted by molar-refractivity contribution is -0.150. The van der Waals surface area contributed by atoms with Crippen molar-refractivity contribution in [2.45, 2.75) is 13.5 Å². The largest absolute Gasteiger partial charge is 0.496 e. The maximum Gasteiger partial charge on any atom is 0.344 e. The molecule has 0 aliphatic carbocycles. The lowest BCUT2D eigenvalue weighted by Crippen LogP contribution is -2.29. The molecular formula is C19H20ClNO5. The molecule has 2 aromatic rings. The number of rotatable bonds is 8. The number of ether oxygens (including phenoxy) is 3. The van der Waals surface area contributed by atoms with Crippen molar-refractivity contribution in [3.05, 3.63) is 58.6 Å². The van der Waals surface area contributed by atoms with Gasteiger partial charge in [-0.2, -0.15) is 0 Å². The minimum atomic E-state index is -0.657. The Balaban J connectivity index is 1.73. The molecule has 0 aromatic heterocycles. The van der Waals surface area contributed by atoms with Crippen molar-refractivity contribution in [2.24, 2.45) is 0 Å². The van der Waals surface area contributed by atoms with Crippen LogP contribution in [0.4, 0.5) is 0 Å². The Bertz CT molecular complexity index is 778. The molecule has 0 aliphatic heterocycles. The standard InChI is InChI=1S/C19H20ClNO5/c1-13-7-8-15(20)17(9-13)25-12-19(23)26-11-18(22)21-10-14-5-3-4-6-16(14)24-2/h3-9H,10-12H2,1-2H3,(H,21,22). The van der Waals surface area contributed by atoms with Crippen LogP contribution in [0.1, 0.15) is 11.1 Å². The normalized spacial score (nSPS) is 10.1. The van der Waals surface area contributed by atoms with E-state index in [9.17, 15) is 9.59 Å². The Morgan fingerprint density at radius 2 is 1.85 bits per heavy atom. The van der Waals surface area contributed by atoms with Crippen LogP contribution in [-0.2, 0) is 20.9 Å². The van der Waals surface area contributed by atoms with Gasteiger partial charge in [0.1, 0.15) is 11.5 Å². The maximum absolute atomic E-state index is 11.8. The molecule has 1 N–H and O–H groups in total. The third-order valence-electron chi connectivity index (χ3n) is 3.47. The van der Waals surface area contributed by atoms with E-state index in [2.05, 4.69) is 5.32 Å². The fourth-order valence-electron chi connectivity index (χ4n) is 2.14. The molecule has 7 heteroatoms. The van der Waals surface area contributed by atoms with Crippen molar-refractivity contribution in [3.8, 4) is 11.5 Å². The zero-order valence-electron chi connectivity index (χ0n) is 14.6. The average Bonchev–Trinajstić information content (AvgIpc) is 2.65. The molecule has 0 saturated carbocycles. The molecule has 138 valence electrons. The van der Waals surface area contributed by atoms with Gasteiger partial charge < -0.3 is 19.5 Å². The van der Waals surface area contributed by atoms with Gasteiger partial charge in [0, 0.05) is 12.1 Å². The predicted molar refractivity (Wildman–Crippen MR) is 97.5 cm³/mol. The van der Waals surface area contributed by atoms with Gasteiger partial charge in [0.2, 0.25) is 0 Å². The number of nitrogens with one attached hydrogen (secondary N) is 1. The molecule has 0 aliphatic rings. The molecular weight excluding hydrogens is 358 g/mol. The smallest absolute Gasteiger partial charge is 0.344 e. The van der Waals surface area contributed by atoms with Crippen molar-refractivity contribution in [1.29, 1.82) is 0 Å². The van der Waals surface area contributed by atoms with E-state index in [4.69, 9.17) is 25.8 Å². The zero-order chi connectivity index (χ0) is 18.9. The van der Waals surface area contributed by atoms with Gasteiger partial charge in [-0.15, -0.1) is 0 Å². The van der Waals surface area contributed by atoms with Crippen LogP contribution >= 0.6 is 11.6 Å². The number of hydrogen-bond donors (Lipinski definition) is 1. The second kappa shape index (κ2) is 9.68. The van der Waals surface area contributed by atoms with Crippen LogP contribution in [0.5, 0.6) is 11.5 Å². The second-order valence-corrected chi connectivity index (χ2v) is 5.88. The highest BCUT2D eigenvalue weighted by molar-refractivity contribution is 6.32. The number of aryl methyl sites for hydroxylation is 1. The van der Waals surface area contributed by atoms with Gasteiger partial charge in [-0.25, -0.2) is 4.79 Å². The number of halogens is 1. The van der Waals surface area contributed by atoms with Crippen molar-refractivity contribution in [2.75, 3.05) is 20.3 Å². The summed E-state index contributed by atoms with van der Waals surface area (Å²) >= 11 is 5.98. The van der Waals surface area contributed by atoms with Crippen LogP contribution in [-0.4, -0.2) is 32.2 Å². The van der Waals surface area contributed by atoms with E-state index < -0.39 is 11.9 Å². The Labute approximate surface area is 157 Å². The van der Waals surface area contributed by atoms with E-state index in [1.54, 1.807) is 25.3 Å². The van der Waals surface area contributed by atoms with E-state index in [1.807, 2.05) is 31.2 Å². The summed E-state index contributed by atoms with van der Waals surface area (Å²) in [6, 6.07) is 12.6. The first-order chi connectivity index (χ1) is 12.5. The summed E-state index contributed by atoms with van der Waals surface area (Å²) in [5.74, 6) is -0.00896. The van der Waals surface area contributed by atoms with E-state index in [0.717, 1.165) is 11.1 Å². The van der Waals surface area contributed by atoms with E-state index in [0.29, 0.717) is 16.5 Å². The molecule has 0 fully saturated rings. The number of carbonyl (C=O) groups is 2. The zero-order valence-corrected chi connectivity index (χ0v) is 15.3. The van der Waals surface area contributed by atoms with Crippen LogP contribution in [0, 0.1) is 6.92 Å². The highest BCUT2D eigenvalue weighted by atomic mass is 35.5. The Morgan fingerprint density at radius 3 is 2.62 bits per heavy atom. The number of methoxy groups -OCH3 is 1. The highest BCUT2D eigenvalue weighted by Gasteiger charge is 2.11. The van der Waals surface area contributed by atoms with Gasteiger partial charge in [0.15, 0.2) is 13.2 Å². The molecule has 0 spiro atoms. The third-order valence-corrected chi connectivity index (χ3v) is 3.78. The molecule has 6 nitrogen and oxygen atoms in total. The van der Waals surface area contributed by atoms with Gasteiger partial charge in [-0.3, -0.25) is 4.79 Å². The summed E-state index contributed by atoms with van der Waals surface area (Å²) in [5.41, 5.74) is 1.78. The lowest BCUT2D eigenvalue weighted by Gasteiger charge is -2.10. The first-order valence-corrected chi connectivity index (χ1v) is 8.30. The molecule has 0 atom stereocenters. The van der Waals surface area contributed by atoms with Crippen molar-refractivity contribution in [1.82, 2.24) is 5.32 Å². The number of hydrogen-bond acceptors (Lipinski definition) is 5. The van der Waals surface area contributed by atoms with Gasteiger partial charge in [0.05, 0.1) is 12.1 Å². The average molecular weight is 378 g/mol. The lowest BCUT2D eigenvalue weighted by atomic mass is 10.2. The second-order valence-electron chi connectivity index (χ2n) is 5.47. The maximum atomic E-state index is 11.8. The summed E-state index contributed by atoms with van der Waals surface area (Å²) in [4.78, 5) is 23.5. The number of amides is 1. The number of carbonyl (C=O) groups excluding carboxylic acids is 2. The molecule has 26 heavy (non-hydrogen) atoms. The summed E-state index contributed by atoms with van der Waals surface area (Å²) in [5, 5.41) is 3.06. The summed E-state index contributed by atoms with van der Waals surface area (Å²) in [6.45, 7) is 1.44. The molecule has 0 radical (unpaired) electrons. The molecule has 0 heterocycles. The first kappa shape index (κ1) is 19.6. The van der Waals surface area contributed by atoms with Crippen LogP contribution in [0.25, 0.3) is 0 Å². The van der Waals surface area contributed by atoms with E-state index >= 15 is 0 Å². The SMILES string of the molecule is COc1ccccc1CNC(=O)COC(=O)COc1cc(C)ccc1Cl. The minimum absolute atomic E-state index is 0.274. The first-order valence-electron chi connectivity index (χ1n) is 7.92. The summed E-state index contributed by atoms with van der Waals surface area (Å²) in [7, 11) is 1.56. The van der Waals surface area contributed by atoms with Crippen LogP contribution in [0.15, 0.2) is 42.5 Å². The Hall–Kier alpha value is -2.73. The van der Waals surface area contributed by atoms with Crippen LogP contribution in [0.2, 0.25) is 5.02 Å². The fourth-order valence-corrected chi connectivity index (χ4v) is 2.31. The van der Waals surface area contributed by atoms with Crippen molar-refractivity contribution in [3.63, 3.8) is 0 Å². The molecule has 0 saturated heterocycles. The van der Waals surface area contributed by atoms with Gasteiger partial charge in [0.25, 0.3) is 5.91 Å². The predicted octanol–water partition coefficient (Wildman–Crippen LogP) is 2.90. The van der Waals surface area contributed by atoms with Gasteiger partial charge in [-0.05, 0) is 30.7 Å². The summed E-state index contributed by atoms with van der Waals surface area (Å²) in [6.07, 6.45) is 0. The molecule has 2 rings (SSSR count). The Kier molecular flexibility index (Phi) is 7.29. The molecule has 0 bridgehead atoms. The number of para-hydroxylation sites is 1. The minimum Gasteiger partial charge on any atom is -0.496 e. The van der Waals surface area contributed by atoms with Crippen molar-refractivity contribution < 1.29 is 23.8 Å². The van der Waals surface area contributed by atoms with E-state index in [-0.39, 0.29) is 19.8 Å². The third kappa shape index (κ3) is 5.97. The topological polar surface area (TPSA) is 73.9 Å². The van der Waals surface area contributed by atoms with Crippen LogP contribution in [0.3, 0.4) is 0 Å². The fraction of sp³-hybridized carbons (Fsp3) is 0.263. The number of esters is 1. The molecule has 1 amide bonds. The highest BCUT2D eigenvalue weighted by Crippen LogP contribution is 2.25. The number of benzene rings is 2. The monoisotopic (exact) mass is 377 g/mol. The van der Waals surface area contributed by atoms with Gasteiger partial charge >= 0.3 is 5.97 Å². The van der Waals surface area contributed by atoms with Crippen molar-refractivity contribution >= 4 is 23.5 Å². The molecule has 0 unspecified atom stereocenters. The van der Waals surface area contributed by atoms with Crippen LogP contribution < -0.4 is 14.8 Å². The Morgan fingerprint density at radius 1 is 1.08 bits per heavy atom. The van der Waals surface area contributed by atoms with Gasteiger partial charge in [-0.1, -0.05) is 35.9 Å². The quantitative estimate of drug-likeness (QED) is 0.716. The molecule has 2 aromatic carbocycles.